The van der Waals surface area contributed by atoms with E-state index in [1.54, 1.807) is 0 Å². The minimum absolute atomic E-state index is 0.186. The van der Waals surface area contributed by atoms with Gasteiger partial charge in [0, 0.05) is 30.9 Å². The number of fused-ring (bicyclic) bond motifs is 1. The first kappa shape index (κ1) is 18.4. The summed E-state index contributed by atoms with van der Waals surface area (Å²) in [5.74, 6) is 2.97. The molecule has 0 atom stereocenters. The summed E-state index contributed by atoms with van der Waals surface area (Å²) in [6.07, 6.45) is 0.880. The molecule has 1 aromatic carbocycles. The van der Waals surface area contributed by atoms with Crippen LogP contribution < -0.4 is 5.56 Å². The smallest absolute Gasteiger partial charge is 0.274 e. The monoisotopic (exact) mass is 395 g/mol. The van der Waals surface area contributed by atoms with Gasteiger partial charge in [0.25, 0.3) is 11.3 Å². The maximum atomic E-state index is 12.5. The second-order valence-corrected chi connectivity index (χ2v) is 7.95. The molecule has 8 nitrogen and oxygen atoms in total. The van der Waals surface area contributed by atoms with Crippen LogP contribution in [0, 0.1) is 5.92 Å². The molecule has 144 valence electrons. The molecule has 3 aromatic heterocycles. The highest BCUT2D eigenvalue weighted by Gasteiger charge is 2.13. The summed E-state index contributed by atoms with van der Waals surface area (Å²) in [7, 11) is 1.96. The number of hydrogen-bond donors (Lipinski definition) is 1. The van der Waals surface area contributed by atoms with Crippen molar-refractivity contribution in [2.24, 2.45) is 13.0 Å². The third kappa shape index (κ3) is 3.70. The number of aromatic amines is 1. The van der Waals surface area contributed by atoms with Crippen LogP contribution in [0.3, 0.4) is 0 Å². The molecule has 0 aliphatic rings. The standard InChI is InChI=1S/C19H21N7OS/c1-12(2)9-15-22-23-19(25(15)3)28-11-14-10-16(27)26-18(20-14)21-17(24-26)13-7-5-4-6-8-13/h4-8,10,12H,9,11H2,1-3H3,(H,20,21,24). The molecule has 0 bridgehead atoms. The molecular formula is C19H21N7OS. The number of nitrogens with one attached hydrogen (secondary N) is 1. The van der Waals surface area contributed by atoms with Gasteiger partial charge in [0.15, 0.2) is 11.0 Å². The SMILES string of the molecule is CC(C)Cc1nnc(SCc2cc(=O)n3[nH]c(-c4ccccc4)nc3n2)n1C. The number of rotatable bonds is 6. The van der Waals surface area contributed by atoms with Crippen LogP contribution in [0.2, 0.25) is 0 Å². The van der Waals surface area contributed by atoms with Gasteiger partial charge >= 0.3 is 0 Å². The molecule has 0 radical (unpaired) electrons. The molecule has 0 unspecified atom stereocenters. The Morgan fingerprint density at radius 2 is 1.93 bits per heavy atom. The van der Waals surface area contributed by atoms with E-state index >= 15 is 0 Å². The van der Waals surface area contributed by atoms with Gasteiger partial charge in [-0.3, -0.25) is 9.89 Å². The van der Waals surface area contributed by atoms with E-state index in [0.717, 1.165) is 23.0 Å². The fourth-order valence-electron chi connectivity index (χ4n) is 2.88. The van der Waals surface area contributed by atoms with Crippen LogP contribution in [0.15, 0.2) is 46.3 Å². The van der Waals surface area contributed by atoms with Crippen LogP contribution in [-0.4, -0.2) is 34.3 Å². The molecule has 0 amide bonds. The fourth-order valence-corrected chi connectivity index (χ4v) is 3.70. The summed E-state index contributed by atoms with van der Waals surface area (Å²) in [4.78, 5) is 21.4. The number of nitrogens with zero attached hydrogens (tertiary/aromatic N) is 6. The highest BCUT2D eigenvalue weighted by atomic mass is 32.2. The van der Waals surface area contributed by atoms with E-state index < -0.39 is 0 Å². The van der Waals surface area contributed by atoms with Gasteiger partial charge < -0.3 is 4.57 Å². The van der Waals surface area contributed by atoms with E-state index in [1.807, 2.05) is 41.9 Å². The van der Waals surface area contributed by atoms with E-state index in [9.17, 15) is 4.79 Å². The van der Waals surface area contributed by atoms with Gasteiger partial charge in [0.05, 0.1) is 5.69 Å². The van der Waals surface area contributed by atoms with Crippen LogP contribution in [0.5, 0.6) is 0 Å². The maximum Gasteiger partial charge on any atom is 0.274 e. The molecule has 28 heavy (non-hydrogen) atoms. The summed E-state index contributed by atoms with van der Waals surface area (Å²) in [6.45, 7) is 4.31. The Morgan fingerprint density at radius 3 is 2.68 bits per heavy atom. The van der Waals surface area contributed by atoms with Crippen molar-refractivity contribution in [2.45, 2.75) is 31.2 Å². The van der Waals surface area contributed by atoms with Gasteiger partial charge in [0.1, 0.15) is 5.82 Å². The molecule has 0 saturated carbocycles. The first-order valence-corrected chi connectivity index (χ1v) is 10.0. The molecule has 3 heterocycles. The third-order valence-electron chi connectivity index (χ3n) is 4.30. The third-order valence-corrected chi connectivity index (χ3v) is 5.35. The maximum absolute atomic E-state index is 12.5. The highest BCUT2D eigenvalue weighted by Crippen LogP contribution is 2.21. The molecule has 0 aliphatic carbocycles. The lowest BCUT2D eigenvalue weighted by Gasteiger charge is -2.05. The van der Waals surface area contributed by atoms with E-state index in [4.69, 9.17) is 0 Å². The molecule has 0 spiro atoms. The van der Waals surface area contributed by atoms with E-state index in [0.29, 0.717) is 29.0 Å². The molecule has 0 saturated heterocycles. The van der Waals surface area contributed by atoms with Crippen molar-refractivity contribution >= 4 is 17.5 Å². The van der Waals surface area contributed by atoms with Crippen LogP contribution in [0.4, 0.5) is 0 Å². The molecular weight excluding hydrogens is 374 g/mol. The van der Waals surface area contributed by atoms with Crippen molar-refractivity contribution in [3.8, 4) is 11.4 Å². The predicted molar refractivity (Wildman–Crippen MR) is 108 cm³/mol. The van der Waals surface area contributed by atoms with Crippen LogP contribution >= 0.6 is 11.8 Å². The summed E-state index contributed by atoms with van der Waals surface area (Å²) >= 11 is 1.51. The van der Waals surface area contributed by atoms with Gasteiger partial charge in [-0.05, 0) is 5.92 Å². The van der Waals surface area contributed by atoms with Crippen molar-refractivity contribution in [1.29, 1.82) is 0 Å². The van der Waals surface area contributed by atoms with Crippen LogP contribution in [-0.2, 0) is 19.2 Å². The minimum Gasteiger partial charge on any atom is -0.309 e. The largest absolute Gasteiger partial charge is 0.309 e. The van der Waals surface area contributed by atoms with Crippen molar-refractivity contribution in [1.82, 2.24) is 34.3 Å². The molecule has 4 rings (SSSR count). The normalized spacial score (nSPS) is 11.6. The summed E-state index contributed by atoms with van der Waals surface area (Å²) in [6, 6.07) is 11.2. The Balaban J connectivity index is 1.57. The lowest BCUT2D eigenvalue weighted by molar-refractivity contribution is 0.593. The molecule has 0 fully saturated rings. The number of hydrogen-bond acceptors (Lipinski definition) is 6. The highest BCUT2D eigenvalue weighted by molar-refractivity contribution is 7.98. The van der Waals surface area contributed by atoms with Crippen molar-refractivity contribution in [3.05, 3.63) is 58.3 Å². The van der Waals surface area contributed by atoms with Gasteiger partial charge in [-0.25, -0.2) is 4.98 Å². The zero-order valence-corrected chi connectivity index (χ0v) is 16.8. The summed E-state index contributed by atoms with van der Waals surface area (Å²) < 4.78 is 3.36. The van der Waals surface area contributed by atoms with Crippen LogP contribution in [0.1, 0.15) is 25.4 Å². The zero-order valence-electron chi connectivity index (χ0n) is 16.0. The first-order valence-electron chi connectivity index (χ1n) is 9.06. The Hall–Kier alpha value is -2.94. The zero-order chi connectivity index (χ0) is 19.7. The van der Waals surface area contributed by atoms with E-state index in [1.165, 1.54) is 22.3 Å². The second kappa shape index (κ2) is 7.59. The topological polar surface area (TPSA) is 93.8 Å². The predicted octanol–water partition coefficient (Wildman–Crippen LogP) is 2.70. The van der Waals surface area contributed by atoms with Gasteiger partial charge in [-0.15, -0.1) is 10.2 Å². The lowest BCUT2D eigenvalue weighted by atomic mass is 10.1. The summed E-state index contributed by atoms with van der Waals surface area (Å²) in [5.41, 5.74) is 1.38. The van der Waals surface area contributed by atoms with Crippen molar-refractivity contribution < 1.29 is 0 Å². The quantitative estimate of drug-likeness (QED) is 0.505. The Labute approximate surface area is 166 Å². The summed E-state index contributed by atoms with van der Waals surface area (Å²) in [5, 5.41) is 12.3. The van der Waals surface area contributed by atoms with E-state index in [2.05, 4.69) is 39.1 Å². The molecule has 0 aliphatic heterocycles. The molecule has 4 aromatic rings. The number of thioether (sulfide) groups is 1. The van der Waals surface area contributed by atoms with Crippen molar-refractivity contribution in [3.63, 3.8) is 0 Å². The average Bonchev–Trinajstić information content (AvgIpc) is 3.25. The van der Waals surface area contributed by atoms with Crippen LogP contribution in [0.25, 0.3) is 17.2 Å². The molecule has 1 N–H and O–H groups in total. The van der Waals surface area contributed by atoms with Crippen molar-refractivity contribution in [2.75, 3.05) is 0 Å². The number of benzene rings is 1. The minimum atomic E-state index is -0.186. The number of H-pyrrole nitrogens is 1. The van der Waals surface area contributed by atoms with Gasteiger partial charge in [-0.2, -0.15) is 9.50 Å². The second-order valence-electron chi connectivity index (χ2n) is 7.00. The molecule has 9 heteroatoms. The fraction of sp³-hybridized carbons (Fsp3) is 0.316. The Bertz CT molecular complexity index is 1160. The van der Waals surface area contributed by atoms with Gasteiger partial charge in [-0.1, -0.05) is 55.9 Å². The van der Waals surface area contributed by atoms with E-state index in [-0.39, 0.29) is 5.56 Å². The Kier molecular flexibility index (Phi) is 4.99. The Morgan fingerprint density at radius 1 is 1.14 bits per heavy atom. The van der Waals surface area contributed by atoms with Gasteiger partial charge in [0.2, 0.25) is 0 Å². The first-order chi connectivity index (χ1) is 13.5. The average molecular weight is 395 g/mol. The lowest BCUT2D eigenvalue weighted by Crippen LogP contribution is -2.15. The number of aromatic nitrogens is 7.